The van der Waals surface area contributed by atoms with Crippen molar-refractivity contribution in [3.63, 3.8) is 0 Å². The summed E-state index contributed by atoms with van der Waals surface area (Å²) in [6, 6.07) is 4.79. The highest BCUT2D eigenvalue weighted by Gasteiger charge is 2.14. The normalized spacial score (nSPS) is 10.3. The fourth-order valence-corrected chi connectivity index (χ4v) is 1.61. The zero-order valence-electron chi connectivity index (χ0n) is 10.8. The van der Waals surface area contributed by atoms with Gasteiger partial charge in [0.2, 0.25) is 0 Å². The van der Waals surface area contributed by atoms with E-state index in [0.29, 0.717) is 13.2 Å². The lowest BCUT2D eigenvalue weighted by atomic mass is 10.2. The second-order valence-corrected chi connectivity index (χ2v) is 4.02. The van der Waals surface area contributed by atoms with Crippen molar-refractivity contribution >= 4 is 5.69 Å². The maximum Gasteiger partial charge on any atom is 0.310 e. The summed E-state index contributed by atoms with van der Waals surface area (Å²) in [4.78, 5) is 10.3. The molecule has 0 unspecified atom stereocenters. The molecule has 0 spiro atoms. The van der Waals surface area contributed by atoms with E-state index in [1.807, 2.05) is 0 Å². The molecule has 0 bridgehead atoms. The van der Waals surface area contributed by atoms with Crippen molar-refractivity contribution in [3.8, 4) is 5.75 Å². The first kappa shape index (κ1) is 14.4. The lowest BCUT2D eigenvalue weighted by Crippen LogP contribution is -1.98. The summed E-state index contributed by atoms with van der Waals surface area (Å²) in [5.74, 6) is 0.273. The number of rotatable bonds is 8. The molecule has 0 heterocycles. The first-order chi connectivity index (χ1) is 8.69. The highest BCUT2D eigenvalue weighted by Crippen LogP contribution is 2.27. The standard InChI is InChI=1S/C13H19NO4/c1-3-4-5-8-18-10-11-6-7-12(14(15)16)13(9-11)17-2/h6-7,9H,3-5,8,10H2,1-2H3. The molecule has 0 radical (unpaired) electrons. The number of unbranched alkanes of at least 4 members (excludes halogenated alkanes) is 2. The molecule has 0 amide bonds. The van der Waals surface area contributed by atoms with Crippen molar-refractivity contribution in [1.82, 2.24) is 0 Å². The van der Waals surface area contributed by atoms with Crippen molar-refractivity contribution in [2.45, 2.75) is 32.8 Å². The van der Waals surface area contributed by atoms with Crippen LogP contribution in [0.15, 0.2) is 18.2 Å². The van der Waals surface area contributed by atoms with Crippen LogP contribution < -0.4 is 4.74 Å². The van der Waals surface area contributed by atoms with Gasteiger partial charge in [-0.2, -0.15) is 0 Å². The lowest BCUT2D eigenvalue weighted by molar-refractivity contribution is -0.385. The molecule has 0 fully saturated rings. The maximum absolute atomic E-state index is 10.7. The minimum absolute atomic E-state index is 0.0211. The van der Waals surface area contributed by atoms with Crippen molar-refractivity contribution < 1.29 is 14.4 Å². The van der Waals surface area contributed by atoms with Gasteiger partial charge in [0.05, 0.1) is 18.6 Å². The molecule has 0 aliphatic carbocycles. The van der Waals surface area contributed by atoms with Gasteiger partial charge in [0.15, 0.2) is 5.75 Å². The van der Waals surface area contributed by atoms with Crippen molar-refractivity contribution in [2.75, 3.05) is 13.7 Å². The molecule has 0 saturated carbocycles. The van der Waals surface area contributed by atoms with Crippen LogP contribution in [0, 0.1) is 10.1 Å². The molecule has 5 nitrogen and oxygen atoms in total. The number of hydrogen-bond acceptors (Lipinski definition) is 4. The van der Waals surface area contributed by atoms with Crippen LogP contribution >= 0.6 is 0 Å². The molecule has 0 saturated heterocycles. The summed E-state index contributed by atoms with van der Waals surface area (Å²) in [6.07, 6.45) is 3.36. The first-order valence-electron chi connectivity index (χ1n) is 6.08. The Hall–Kier alpha value is -1.62. The topological polar surface area (TPSA) is 61.6 Å². The quantitative estimate of drug-likeness (QED) is 0.405. The molecule has 0 N–H and O–H groups in total. The Bertz CT molecular complexity index is 393. The minimum atomic E-state index is -0.454. The molecule has 0 aliphatic rings. The van der Waals surface area contributed by atoms with Gasteiger partial charge < -0.3 is 9.47 Å². The molecule has 1 aromatic carbocycles. The van der Waals surface area contributed by atoms with Crippen molar-refractivity contribution in [1.29, 1.82) is 0 Å². The molecule has 0 atom stereocenters. The largest absolute Gasteiger partial charge is 0.490 e. The number of nitro benzene ring substituents is 1. The molecule has 0 aliphatic heterocycles. The predicted molar refractivity (Wildman–Crippen MR) is 68.8 cm³/mol. The van der Waals surface area contributed by atoms with Gasteiger partial charge in [0.1, 0.15) is 0 Å². The second kappa shape index (κ2) is 7.66. The van der Waals surface area contributed by atoms with E-state index in [1.165, 1.54) is 13.2 Å². The van der Waals surface area contributed by atoms with E-state index < -0.39 is 4.92 Å². The van der Waals surface area contributed by atoms with E-state index in [0.717, 1.165) is 24.8 Å². The van der Waals surface area contributed by atoms with E-state index in [9.17, 15) is 10.1 Å². The van der Waals surface area contributed by atoms with E-state index in [1.54, 1.807) is 12.1 Å². The lowest BCUT2D eigenvalue weighted by Gasteiger charge is -2.06. The molecular weight excluding hydrogens is 234 g/mol. The molecule has 18 heavy (non-hydrogen) atoms. The van der Waals surface area contributed by atoms with Crippen LogP contribution in [0.4, 0.5) is 5.69 Å². The van der Waals surface area contributed by atoms with Gasteiger partial charge in [0.25, 0.3) is 0 Å². The number of nitro groups is 1. The number of ether oxygens (including phenoxy) is 2. The number of nitrogens with zero attached hydrogens (tertiary/aromatic N) is 1. The third kappa shape index (κ3) is 4.33. The first-order valence-corrected chi connectivity index (χ1v) is 6.08. The fraction of sp³-hybridized carbons (Fsp3) is 0.538. The van der Waals surface area contributed by atoms with E-state index in [-0.39, 0.29) is 11.4 Å². The maximum atomic E-state index is 10.7. The summed E-state index contributed by atoms with van der Waals surface area (Å²) in [5.41, 5.74) is 0.862. The zero-order chi connectivity index (χ0) is 13.4. The van der Waals surface area contributed by atoms with Crippen LogP contribution in [0.2, 0.25) is 0 Å². The Kier molecular flexibility index (Phi) is 6.14. The summed E-state index contributed by atoms with van der Waals surface area (Å²) < 4.78 is 10.5. The molecule has 1 aromatic rings. The number of benzene rings is 1. The SMILES string of the molecule is CCCCCOCc1ccc([N+](=O)[O-])c(OC)c1. The predicted octanol–water partition coefficient (Wildman–Crippen LogP) is 3.31. The smallest absolute Gasteiger partial charge is 0.310 e. The summed E-state index contributed by atoms with van der Waals surface area (Å²) in [5, 5.41) is 10.7. The molecule has 1 rings (SSSR count). The molecule has 100 valence electrons. The van der Waals surface area contributed by atoms with E-state index in [4.69, 9.17) is 9.47 Å². The Balaban J connectivity index is 2.54. The van der Waals surface area contributed by atoms with Gasteiger partial charge in [0, 0.05) is 12.7 Å². The second-order valence-electron chi connectivity index (χ2n) is 4.02. The van der Waals surface area contributed by atoms with Crippen LogP contribution in [-0.4, -0.2) is 18.6 Å². The van der Waals surface area contributed by atoms with E-state index in [2.05, 4.69) is 6.92 Å². The molecular formula is C13H19NO4. The van der Waals surface area contributed by atoms with Gasteiger partial charge in [-0.25, -0.2) is 0 Å². The summed E-state index contributed by atoms with van der Waals surface area (Å²) in [6.45, 7) is 3.31. The number of methoxy groups -OCH3 is 1. The van der Waals surface area contributed by atoms with Gasteiger partial charge >= 0.3 is 5.69 Å². The summed E-state index contributed by atoms with van der Waals surface area (Å²) >= 11 is 0. The van der Waals surface area contributed by atoms with Gasteiger partial charge in [-0.1, -0.05) is 19.8 Å². The third-order valence-electron chi connectivity index (χ3n) is 2.60. The van der Waals surface area contributed by atoms with Gasteiger partial charge in [-0.15, -0.1) is 0 Å². The Morgan fingerprint density at radius 2 is 2.11 bits per heavy atom. The van der Waals surface area contributed by atoms with E-state index >= 15 is 0 Å². The monoisotopic (exact) mass is 253 g/mol. The Morgan fingerprint density at radius 1 is 1.33 bits per heavy atom. The van der Waals surface area contributed by atoms with Gasteiger partial charge in [-0.05, 0) is 24.1 Å². The van der Waals surface area contributed by atoms with Crippen LogP contribution in [0.3, 0.4) is 0 Å². The zero-order valence-corrected chi connectivity index (χ0v) is 10.8. The van der Waals surface area contributed by atoms with Crippen molar-refractivity contribution in [3.05, 3.63) is 33.9 Å². The van der Waals surface area contributed by atoms with Crippen LogP contribution in [-0.2, 0) is 11.3 Å². The molecule has 5 heteroatoms. The minimum Gasteiger partial charge on any atom is -0.490 e. The Labute approximate surface area is 107 Å². The number of hydrogen-bond donors (Lipinski definition) is 0. The highest BCUT2D eigenvalue weighted by atomic mass is 16.6. The summed E-state index contributed by atoms with van der Waals surface area (Å²) in [7, 11) is 1.42. The molecule has 0 aromatic heterocycles. The van der Waals surface area contributed by atoms with Crippen LogP contribution in [0.5, 0.6) is 5.75 Å². The van der Waals surface area contributed by atoms with Gasteiger partial charge in [-0.3, -0.25) is 10.1 Å². The van der Waals surface area contributed by atoms with Crippen LogP contribution in [0.1, 0.15) is 31.7 Å². The Morgan fingerprint density at radius 3 is 2.72 bits per heavy atom. The average Bonchev–Trinajstić information content (AvgIpc) is 2.38. The van der Waals surface area contributed by atoms with Crippen LogP contribution in [0.25, 0.3) is 0 Å². The average molecular weight is 253 g/mol. The highest BCUT2D eigenvalue weighted by molar-refractivity contribution is 5.48. The fourth-order valence-electron chi connectivity index (χ4n) is 1.61. The third-order valence-corrected chi connectivity index (χ3v) is 2.60. The van der Waals surface area contributed by atoms with Crippen molar-refractivity contribution in [2.24, 2.45) is 0 Å².